The van der Waals surface area contributed by atoms with Crippen LogP contribution in [0, 0.1) is 5.41 Å². The predicted molar refractivity (Wildman–Crippen MR) is 214 cm³/mol. The van der Waals surface area contributed by atoms with Crippen LogP contribution in [0.25, 0.3) is 28.0 Å². The molecule has 0 amide bonds. The van der Waals surface area contributed by atoms with Crippen molar-refractivity contribution < 1.29 is 50.0 Å². The molecule has 59 heavy (non-hydrogen) atoms. The van der Waals surface area contributed by atoms with Gasteiger partial charge in [-0.05, 0) is 90.3 Å². The van der Waals surface area contributed by atoms with Crippen LogP contribution < -0.4 is 23.7 Å². The average molecular weight is 813 g/mol. The highest BCUT2D eigenvalue weighted by Gasteiger charge is 2.76. The van der Waals surface area contributed by atoms with E-state index in [1.807, 2.05) is 61.5 Å². The van der Waals surface area contributed by atoms with E-state index in [9.17, 15) is 0 Å². The molecule has 4 aliphatic rings. The molecule has 5 aromatic rings. The number of hydrogen-bond acceptors (Lipinski definition) is 5. The fraction of sp³-hybridized carbons (Fsp3) is 0.333. The molecule has 0 N–H and O–H groups in total. The second-order valence-electron chi connectivity index (χ2n) is 16.8. The van der Waals surface area contributed by atoms with Crippen LogP contribution in [-0.2, 0) is 16.4 Å². The Morgan fingerprint density at radius 2 is 1.34 bits per heavy atom. The predicted octanol–water partition coefficient (Wildman–Crippen LogP) is 12.4. The first-order valence-corrected chi connectivity index (χ1v) is 19.4. The van der Waals surface area contributed by atoms with Crippen molar-refractivity contribution in [3.8, 4) is 39.9 Å². The summed E-state index contributed by atoms with van der Waals surface area (Å²) in [5, 5.41) is -0.174. The number of ether oxygens (including phenoxy) is 5. The maximum atomic E-state index is 15.7. The Bertz CT molecular complexity index is 2520. The minimum atomic E-state index is -5.81. The molecule has 1 fully saturated rings. The normalized spacial score (nSPS) is 21.3. The number of rotatable bonds is 5. The van der Waals surface area contributed by atoms with Gasteiger partial charge in [0.25, 0.3) is 0 Å². The van der Waals surface area contributed by atoms with E-state index < -0.39 is 46.7 Å². The topological polar surface area (TPSA) is 46.2 Å². The zero-order valence-electron chi connectivity index (χ0n) is 33.4. The Balaban J connectivity index is 1.49. The summed E-state index contributed by atoms with van der Waals surface area (Å²) in [4.78, 5) is 0. The molecule has 1 saturated carbocycles. The Morgan fingerprint density at radius 1 is 0.729 bits per heavy atom. The van der Waals surface area contributed by atoms with E-state index >= 15 is 26.3 Å². The summed E-state index contributed by atoms with van der Waals surface area (Å²) < 4.78 is 124. The van der Waals surface area contributed by atoms with Gasteiger partial charge in [0.05, 0.1) is 21.3 Å². The van der Waals surface area contributed by atoms with Gasteiger partial charge in [-0.1, -0.05) is 80.1 Å². The van der Waals surface area contributed by atoms with E-state index in [-0.39, 0.29) is 27.7 Å². The molecule has 11 heteroatoms. The number of halogens is 6. The highest BCUT2D eigenvalue weighted by Crippen LogP contribution is 2.69. The average Bonchev–Trinajstić information content (AvgIpc) is 3.76. The van der Waals surface area contributed by atoms with E-state index in [1.165, 1.54) is 13.2 Å². The lowest BCUT2D eigenvalue weighted by atomic mass is 9.57. The molecule has 0 saturated heterocycles. The molecule has 1 unspecified atom stereocenters. The van der Waals surface area contributed by atoms with Crippen LogP contribution >= 0.6 is 0 Å². The Kier molecular flexibility index (Phi) is 8.55. The minimum absolute atomic E-state index is 0.0432. The number of alkyl halides is 6. The summed E-state index contributed by atoms with van der Waals surface area (Å²) in [5.74, 6) is 0.446. The van der Waals surface area contributed by atoms with E-state index in [0.29, 0.717) is 57.7 Å². The van der Waals surface area contributed by atoms with Crippen molar-refractivity contribution in [3.63, 3.8) is 0 Å². The lowest BCUT2D eigenvalue weighted by Crippen LogP contribution is -2.55. The highest BCUT2D eigenvalue weighted by molar-refractivity contribution is 6.12. The smallest absolute Gasteiger partial charge is 0.410 e. The molecular formula is C48H42F6O5. The van der Waals surface area contributed by atoms with Crippen LogP contribution in [0.5, 0.6) is 28.7 Å². The molecule has 1 spiro atoms. The van der Waals surface area contributed by atoms with Crippen LogP contribution in [0.1, 0.15) is 73.4 Å². The van der Waals surface area contributed by atoms with Crippen molar-refractivity contribution in [2.24, 2.45) is 5.41 Å². The summed E-state index contributed by atoms with van der Waals surface area (Å²) in [6.45, 7) is 4.60. The van der Waals surface area contributed by atoms with Gasteiger partial charge in [0.2, 0.25) is 5.41 Å². The maximum Gasteiger partial charge on any atom is 0.410 e. The van der Waals surface area contributed by atoms with Gasteiger partial charge in [-0.25, -0.2) is 0 Å². The number of methoxy groups -OCH3 is 3. The van der Waals surface area contributed by atoms with Crippen molar-refractivity contribution in [3.05, 3.63) is 130 Å². The number of allylic oxidation sites excluding steroid dienone is 2. The van der Waals surface area contributed by atoms with Crippen LogP contribution in [0.15, 0.2) is 96.6 Å². The number of fused-ring (bicyclic) bond motifs is 12. The molecule has 0 radical (unpaired) electrons. The van der Waals surface area contributed by atoms with Crippen LogP contribution in [0.2, 0.25) is 0 Å². The zero-order chi connectivity index (χ0) is 41.9. The monoisotopic (exact) mass is 812 g/mol. The van der Waals surface area contributed by atoms with Crippen LogP contribution in [-0.4, -0.2) is 40.3 Å². The minimum Gasteiger partial charge on any atom is -0.497 e. The van der Waals surface area contributed by atoms with Crippen molar-refractivity contribution in [1.29, 1.82) is 0 Å². The lowest BCUT2D eigenvalue weighted by Gasteiger charge is -2.47. The molecule has 9 rings (SSSR count). The largest absolute Gasteiger partial charge is 0.497 e. The molecule has 1 atom stereocenters. The molecule has 0 aromatic heterocycles. The van der Waals surface area contributed by atoms with Gasteiger partial charge < -0.3 is 23.7 Å². The van der Waals surface area contributed by atoms with E-state index in [0.717, 1.165) is 17.6 Å². The van der Waals surface area contributed by atoms with Gasteiger partial charge in [0.1, 0.15) is 23.9 Å². The lowest BCUT2D eigenvalue weighted by molar-refractivity contribution is -0.303. The third-order valence-electron chi connectivity index (χ3n) is 13.0. The Labute approximate surface area is 338 Å². The summed E-state index contributed by atoms with van der Waals surface area (Å²) in [5.41, 5.74) is -2.55. The Hall–Kier alpha value is -5.58. The fourth-order valence-electron chi connectivity index (χ4n) is 10.6. The van der Waals surface area contributed by atoms with Crippen molar-refractivity contribution in [2.75, 3.05) is 27.9 Å². The second-order valence-corrected chi connectivity index (χ2v) is 16.8. The standard InChI is InChI=1S/C48H42F6O5/c1-7-27-23-43(2,3)25-44(24-27)35-11-9-8-10-32(35)37-38-34(22-36(57-6)42-40(38)46(26-58-42,47(49,50)51)48(52,53)54)41-33(39(37)44)20-21-45(59-41,28-12-16-30(55-4)17-13-28)29-14-18-31(56-5)19-15-29/h7-22H,23-26H2,1-6H3/b27-7+. The Morgan fingerprint density at radius 3 is 1.90 bits per heavy atom. The van der Waals surface area contributed by atoms with Gasteiger partial charge in [-0.3, -0.25) is 0 Å². The van der Waals surface area contributed by atoms with Gasteiger partial charge in [0, 0.05) is 38.4 Å². The third kappa shape index (κ3) is 5.31. The van der Waals surface area contributed by atoms with Crippen LogP contribution in [0.3, 0.4) is 0 Å². The van der Waals surface area contributed by atoms with E-state index in [2.05, 4.69) is 19.9 Å². The molecule has 5 nitrogen and oxygen atoms in total. The zero-order valence-corrected chi connectivity index (χ0v) is 33.4. The summed E-state index contributed by atoms with van der Waals surface area (Å²) in [6.07, 6.45) is -3.79. The van der Waals surface area contributed by atoms with Gasteiger partial charge in [-0.15, -0.1) is 0 Å². The quantitative estimate of drug-likeness (QED) is 0.131. The van der Waals surface area contributed by atoms with Gasteiger partial charge >= 0.3 is 12.4 Å². The van der Waals surface area contributed by atoms with Crippen molar-refractivity contribution in [1.82, 2.24) is 0 Å². The maximum absolute atomic E-state index is 15.7. The van der Waals surface area contributed by atoms with E-state index in [1.54, 1.807) is 44.6 Å². The number of benzene rings is 5. The second kappa shape index (κ2) is 13.0. The summed E-state index contributed by atoms with van der Waals surface area (Å²) >= 11 is 0. The van der Waals surface area contributed by atoms with Crippen LogP contribution in [0.4, 0.5) is 26.3 Å². The summed E-state index contributed by atoms with van der Waals surface area (Å²) in [6, 6.07) is 23.3. The van der Waals surface area contributed by atoms with Gasteiger partial charge in [0.15, 0.2) is 17.1 Å². The van der Waals surface area contributed by atoms with Gasteiger partial charge in [-0.2, -0.15) is 26.3 Å². The third-order valence-corrected chi connectivity index (χ3v) is 13.0. The highest BCUT2D eigenvalue weighted by atomic mass is 19.4. The fourth-order valence-corrected chi connectivity index (χ4v) is 10.6. The molecule has 5 aromatic carbocycles. The molecule has 2 aliphatic heterocycles. The van der Waals surface area contributed by atoms with E-state index in [4.69, 9.17) is 23.7 Å². The molecule has 0 bridgehead atoms. The first-order valence-electron chi connectivity index (χ1n) is 19.4. The first-order chi connectivity index (χ1) is 28.0. The molecular weight excluding hydrogens is 771 g/mol. The van der Waals surface area contributed by atoms with Crippen molar-refractivity contribution >= 4 is 16.8 Å². The molecule has 2 heterocycles. The van der Waals surface area contributed by atoms with Crippen molar-refractivity contribution in [2.45, 2.75) is 68.8 Å². The first kappa shape index (κ1) is 38.9. The molecule has 2 aliphatic carbocycles. The number of hydrogen-bond donors (Lipinski definition) is 0. The molecule has 306 valence electrons. The SMILES string of the molecule is C/C=C1\CC(C)(C)CC2(C1)c1ccccc1-c1c2c2c(c3cc(OC)c4c(c13)C(C(F)(F)F)(C(F)(F)F)CO4)OC(c1ccc(OC)cc1)(c1ccc(OC)cc1)C=C2. The summed E-state index contributed by atoms with van der Waals surface area (Å²) in [7, 11) is 4.30.